The van der Waals surface area contributed by atoms with Gasteiger partial charge in [-0.3, -0.25) is 4.99 Å². The largest absolute Gasteiger partial charge is 0.497 e. The summed E-state index contributed by atoms with van der Waals surface area (Å²) in [6.45, 7) is 8.55. The van der Waals surface area contributed by atoms with Gasteiger partial charge in [0.2, 0.25) is 0 Å². The Morgan fingerprint density at radius 3 is 1.96 bits per heavy atom. The first-order valence-electron chi connectivity index (χ1n) is 9.92. The summed E-state index contributed by atoms with van der Waals surface area (Å²) in [6, 6.07) is 5.93. The summed E-state index contributed by atoms with van der Waals surface area (Å²) in [5.74, 6) is 1.64. The van der Waals surface area contributed by atoms with Crippen LogP contribution in [0, 0.1) is 21.7 Å². The molecule has 0 atom stereocenters. The number of aliphatic imine (C=N–C) groups is 1. The van der Waals surface area contributed by atoms with Crippen LogP contribution in [0.2, 0.25) is 0 Å². The molecule has 26 heavy (non-hydrogen) atoms. The van der Waals surface area contributed by atoms with Crippen molar-refractivity contribution in [3.05, 3.63) is 23.8 Å². The second-order valence-electron chi connectivity index (χ2n) is 10.6. The van der Waals surface area contributed by atoms with E-state index in [4.69, 9.17) is 14.5 Å². The van der Waals surface area contributed by atoms with Crippen LogP contribution in [0.15, 0.2) is 23.2 Å². The van der Waals surface area contributed by atoms with E-state index >= 15 is 0 Å². The van der Waals surface area contributed by atoms with Gasteiger partial charge in [-0.05, 0) is 72.3 Å². The summed E-state index contributed by atoms with van der Waals surface area (Å²) < 4.78 is 10.8. The molecule has 1 aromatic rings. The van der Waals surface area contributed by atoms with Gasteiger partial charge in [0.15, 0.2) is 0 Å². The van der Waals surface area contributed by atoms with E-state index in [1.807, 2.05) is 24.4 Å². The van der Waals surface area contributed by atoms with Gasteiger partial charge < -0.3 is 9.47 Å². The normalized spacial score (nSPS) is 41.0. The molecule has 0 aliphatic heterocycles. The zero-order valence-corrected chi connectivity index (χ0v) is 17.0. The van der Waals surface area contributed by atoms with Gasteiger partial charge >= 0.3 is 0 Å². The van der Waals surface area contributed by atoms with Crippen LogP contribution in [0.5, 0.6) is 11.5 Å². The smallest absolute Gasteiger partial charge is 0.131 e. The summed E-state index contributed by atoms with van der Waals surface area (Å²) in [6.07, 6.45) is 10.3. The lowest BCUT2D eigenvalue weighted by Gasteiger charge is -2.69. The topological polar surface area (TPSA) is 30.8 Å². The Bertz CT molecular complexity index is 684. The van der Waals surface area contributed by atoms with Crippen LogP contribution in [-0.4, -0.2) is 27.0 Å². The molecule has 0 amide bonds. The van der Waals surface area contributed by atoms with Crippen molar-refractivity contribution in [2.75, 3.05) is 20.8 Å². The van der Waals surface area contributed by atoms with E-state index in [0.717, 1.165) is 23.6 Å². The third kappa shape index (κ3) is 3.04. The molecule has 0 heterocycles. The maximum Gasteiger partial charge on any atom is 0.131 e. The van der Waals surface area contributed by atoms with Gasteiger partial charge in [0.25, 0.3) is 0 Å². The van der Waals surface area contributed by atoms with E-state index in [-0.39, 0.29) is 0 Å². The molecule has 3 heteroatoms. The second kappa shape index (κ2) is 5.74. The summed E-state index contributed by atoms with van der Waals surface area (Å²) in [4.78, 5) is 4.94. The molecule has 4 saturated carbocycles. The van der Waals surface area contributed by atoms with E-state index in [0.29, 0.717) is 21.7 Å². The highest BCUT2D eigenvalue weighted by Gasteiger charge is 2.63. The van der Waals surface area contributed by atoms with Crippen LogP contribution < -0.4 is 9.47 Å². The van der Waals surface area contributed by atoms with Gasteiger partial charge in [-0.25, -0.2) is 0 Å². The lowest BCUT2D eigenvalue weighted by Crippen LogP contribution is -2.59. The number of benzene rings is 1. The highest BCUT2D eigenvalue weighted by Crippen LogP contribution is 2.73. The third-order valence-corrected chi connectivity index (χ3v) is 7.06. The van der Waals surface area contributed by atoms with Crippen LogP contribution in [-0.2, 0) is 0 Å². The monoisotopic (exact) mass is 355 g/mol. The molecule has 0 spiro atoms. The maximum atomic E-state index is 5.51. The molecule has 3 nitrogen and oxygen atoms in total. The van der Waals surface area contributed by atoms with Crippen molar-refractivity contribution < 1.29 is 9.47 Å². The number of methoxy groups -OCH3 is 2. The quantitative estimate of drug-likeness (QED) is 0.652. The summed E-state index contributed by atoms with van der Waals surface area (Å²) in [7, 11) is 3.38. The van der Waals surface area contributed by atoms with Gasteiger partial charge in [0.1, 0.15) is 11.5 Å². The van der Waals surface area contributed by atoms with Gasteiger partial charge in [-0.2, -0.15) is 0 Å². The van der Waals surface area contributed by atoms with Crippen LogP contribution in [0.25, 0.3) is 0 Å². The molecule has 0 radical (unpaired) electrons. The zero-order valence-electron chi connectivity index (χ0n) is 17.0. The first-order chi connectivity index (χ1) is 12.2. The first-order valence-corrected chi connectivity index (χ1v) is 9.92. The lowest BCUT2D eigenvalue weighted by molar-refractivity contribution is -0.179. The molecule has 4 bridgehead atoms. The number of ether oxygens (including phenoxy) is 2. The molecular weight excluding hydrogens is 322 g/mol. The van der Waals surface area contributed by atoms with Gasteiger partial charge in [-0.1, -0.05) is 20.8 Å². The van der Waals surface area contributed by atoms with Crippen molar-refractivity contribution in [2.24, 2.45) is 26.7 Å². The van der Waals surface area contributed by atoms with Crippen LogP contribution in [0.1, 0.15) is 64.9 Å². The molecule has 4 aliphatic carbocycles. The van der Waals surface area contributed by atoms with Crippen molar-refractivity contribution in [3.8, 4) is 11.5 Å². The van der Waals surface area contributed by atoms with Crippen LogP contribution in [0.4, 0.5) is 0 Å². The molecule has 0 saturated heterocycles. The minimum Gasteiger partial charge on any atom is -0.497 e. The standard InChI is InChI=1S/C23H33NO2/c1-20-10-21(2)12-22(3,11-20)15-23(13-20,14-21)16-24-9-17-6-7-18(25-4)8-19(17)26-5/h6-9H,10-16H2,1-5H3. The number of hydrogen-bond donors (Lipinski definition) is 0. The minimum absolute atomic E-state index is 0.392. The molecule has 1 aromatic carbocycles. The van der Waals surface area contributed by atoms with Gasteiger partial charge in [0.05, 0.1) is 14.2 Å². The van der Waals surface area contributed by atoms with Crippen LogP contribution >= 0.6 is 0 Å². The van der Waals surface area contributed by atoms with Crippen LogP contribution in [0.3, 0.4) is 0 Å². The fourth-order valence-corrected chi connectivity index (χ4v) is 7.99. The maximum absolute atomic E-state index is 5.51. The van der Waals surface area contributed by atoms with Crippen molar-refractivity contribution in [1.82, 2.24) is 0 Å². The Morgan fingerprint density at radius 1 is 0.885 bits per heavy atom. The molecule has 142 valence electrons. The van der Waals surface area contributed by atoms with Gasteiger partial charge in [0, 0.05) is 24.4 Å². The highest BCUT2D eigenvalue weighted by atomic mass is 16.5. The predicted molar refractivity (Wildman–Crippen MR) is 106 cm³/mol. The van der Waals surface area contributed by atoms with Gasteiger partial charge in [-0.15, -0.1) is 0 Å². The SMILES string of the molecule is COc1ccc(C=NCC23CC4(C)CC(C)(CC(C)(C4)C2)C3)c(OC)c1. The molecule has 0 unspecified atom stereocenters. The van der Waals surface area contributed by atoms with Crippen molar-refractivity contribution >= 4 is 6.21 Å². The van der Waals surface area contributed by atoms with Crippen molar-refractivity contribution in [3.63, 3.8) is 0 Å². The van der Waals surface area contributed by atoms with E-state index in [2.05, 4.69) is 20.8 Å². The minimum atomic E-state index is 0.392. The Kier molecular flexibility index (Phi) is 3.95. The highest BCUT2D eigenvalue weighted by molar-refractivity contribution is 5.84. The van der Waals surface area contributed by atoms with E-state index in [1.165, 1.54) is 38.5 Å². The Hall–Kier alpha value is -1.51. The third-order valence-electron chi connectivity index (χ3n) is 7.06. The Morgan fingerprint density at radius 2 is 1.46 bits per heavy atom. The molecule has 4 aliphatic rings. The molecule has 5 rings (SSSR count). The lowest BCUT2D eigenvalue weighted by atomic mass is 9.36. The fraction of sp³-hybridized carbons (Fsp3) is 0.696. The van der Waals surface area contributed by atoms with Crippen molar-refractivity contribution in [2.45, 2.75) is 59.3 Å². The molecule has 4 fully saturated rings. The summed E-state index contributed by atoms with van der Waals surface area (Å²) in [5.41, 5.74) is 2.98. The molecular formula is C23H33NO2. The van der Waals surface area contributed by atoms with E-state index < -0.39 is 0 Å². The predicted octanol–water partition coefficient (Wildman–Crippen LogP) is 5.51. The zero-order chi connectivity index (χ0) is 18.6. The number of nitrogens with zero attached hydrogens (tertiary/aromatic N) is 1. The van der Waals surface area contributed by atoms with E-state index in [1.54, 1.807) is 14.2 Å². The first kappa shape index (κ1) is 17.9. The fourth-order valence-electron chi connectivity index (χ4n) is 7.99. The summed E-state index contributed by atoms with van der Waals surface area (Å²) >= 11 is 0. The molecule has 0 N–H and O–H groups in total. The van der Waals surface area contributed by atoms with Crippen molar-refractivity contribution in [1.29, 1.82) is 0 Å². The second-order valence-corrected chi connectivity index (χ2v) is 10.6. The molecule has 0 aromatic heterocycles. The van der Waals surface area contributed by atoms with E-state index in [9.17, 15) is 0 Å². The number of hydrogen-bond acceptors (Lipinski definition) is 3. The number of rotatable bonds is 5. The average Bonchev–Trinajstić information content (AvgIpc) is 2.50. The average molecular weight is 356 g/mol. The summed E-state index contributed by atoms with van der Waals surface area (Å²) in [5, 5.41) is 0. The Balaban J connectivity index is 1.56. The Labute approximate surface area is 158 Å².